The molecule has 1 fully saturated rings. The maximum Gasteiger partial charge on any atom is 0.222 e. The molecule has 1 saturated heterocycles. The number of benzene rings is 2. The first-order valence-corrected chi connectivity index (χ1v) is 11.5. The molecule has 0 spiro atoms. The standard InChI is InChI=1S/C26H30FN3O/c27-23-7-3-8-24-26(23)22(17-28-24)20-10-14-29(15-11-20)13-4-9-25(31)30-16-12-19-5-1-2-6-21(19)18-30/h1-3,5-8,17,20,28H,4,9-16,18H2. The van der Waals surface area contributed by atoms with Gasteiger partial charge in [-0.15, -0.1) is 0 Å². The first-order chi connectivity index (χ1) is 15.2. The van der Waals surface area contributed by atoms with Crippen molar-refractivity contribution in [2.45, 2.75) is 44.6 Å². The molecule has 5 rings (SSSR count). The second-order valence-corrected chi connectivity index (χ2v) is 8.96. The number of halogens is 1. The van der Waals surface area contributed by atoms with Crippen LogP contribution in [0.15, 0.2) is 48.7 Å². The first-order valence-electron chi connectivity index (χ1n) is 11.5. The predicted octanol–water partition coefficient (Wildman–Crippen LogP) is 4.85. The second kappa shape index (κ2) is 8.83. The number of likely N-dealkylation sites (tertiary alicyclic amines) is 1. The lowest BCUT2D eigenvalue weighted by Gasteiger charge is -2.32. The van der Waals surface area contributed by atoms with Gasteiger partial charge in [0.1, 0.15) is 5.82 Å². The summed E-state index contributed by atoms with van der Waals surface area (Å²) in [7, 11) is 0. The van der Waals surface area contributed by atoms with E-state index in [1.54, 1.807) is 12.1 Å². The Bertz CT molecular complexity index is 1070. The van der Waals surface area contributed by atoms with Crippen molar-refractivity contribution in [1.82, 2.24) is 14.8 Å². The zero-order chi connectivity index (χ0) is 21.2. The molecule has 1 aromatic heterocycles. The Morgan fingerprint density at radius 3 is 2.68 bits per heavy atom. The van der Waals surface area contributed by atoms with Crippen LogP contribution in [0.5, 0.6) is 0 Å². The average molecular weight is 420 g/mol. The molecule has 5 heteroatoms. The highest BCUT2D eigenvalue weighted by Crippen LogP contribution is 2.34. The third-order valence-electron chi connectivity index (χ3n) is 7.06. The van der Waals surface area contributed by atoms with Crippen molar-refractivity contribution in [3.05, 3.63) is 71.2 Å². The van der Waals surface area contributed by atoms with Gasteiger partial charge in [0.15, 0.2) is 0 Å². The van der Waals surface area contributed by atoms with Crippen LogP contribution >= 0.6 is 0 Å². The van der Waals surface area contributed by atoms with E-state index >= 15 is 0 Å². The number of hydrogen-bond donors (Lipinski definition) is 1. The topological polar surface area (TPSA) is 39.3 Å². The van der Waals surface area contributed by atoms with Crippen molar-refractivity contribution < 1.29 is 9.18 Å². The van der Waals surface area contributed by atoms with Crippen LogP contribution in [0.4, 0.5) is 4.39 Å². The molecule has 1 amide bonds. The van der Waals surface area contributed by atoms with E-state index in [1.807, 2.05) is 17.2 Å². The summed E-state index contributed by atoms with van der Waals surface area (Å²) in [4.78, 5) is 20.4. The molecule has 3 aromatic rings. The molecule has 31 heavy (non-hydrogen) atoms. The van der Waals surface area contributed by atoms with E-state index in [0.717, 1.165) is 74.9 Å². The van der Waals surface area contributed by atoms with Crippen LogP contribution in [-0.4, -0.2) is 46.9 Å². The molecule has 162 valence electrons. The molecular formula is C26H30FN3O. The number of piperidine rings is 1. The molecular weight excluding hydrogens is 389 g/mol. The molecule has 0 atom stereocenters. The number of nitrogens with one attached hydrogen (secondary N) is 1. The van der Waals surface area contributed by atoms with Gasteiger partial charge in [-0.3, -0.25) is 4.79 Å². The van der Waals surface area contributed by atoms with E-state index in [-0.39, 0.29) is 11.7 Å². The van der Waals surface area contributed by atoms with Crippen LogP contribution in [0.3, 0.4) is 0 Å². The Kier molecular flexibility index (Phi) is 5.77. The van der Waals surface area contributed by atoms with Crippen molar-refractivity contribution in [3.8, 4) is 0 Å². The van der Waals surface area contributed by atoms with Crippen molar-refractivity contribution in [2.75, 3.05) is 26.2 Å². The number of carbonyl (C=O) groups excluding carboxylic acids is 1. The quantitative estimate of drug-likeness (QED) is 0.642. The van der Waals surface area contributed by atoms with Crippen LogP contribution in [0.2, 0.25) is 0 Å². The minimum Gasteiger partial charge on any atom is -0.361 e. The lowest BCUT2D eigenvalue weighted by Crippen LogP contribution is -2.37. The number of rotatable bonds is 5. The zero-order valence-electron chi connectivity index (χ0n) is 17.9. The number of H-pyrrole nitrogens is 1. The molecule has 1 N–H and O–H groups in total. The number of fused-ring (bicyclic) bond motifs is 2. The predicted molar refractivity (Wildman–Crippen MR) is 121 cm³/mol. The zero-order valence-corrected chi connectivity index (χ0v) is 17.9. The van der Waals surface area contributed by atoms with Gasteiger partial charge in [0.25, 0.3) is 0 Å². The lowest BCUT2D eigenvalue weighted by molar-refractivity contribution is -0.132. The van der Waals surface area contributed by atoms with Gasteiger partial charge in [-0.25, -0.2) is 4.39 Å². The monoisotopic (exact) mass is 419 g/mol. The van der Waals surface area contributed by atoms with Gasteiger partial charge in [0.05, 0.1) is 0 Å². The fraction of sp³-hybridized carbons (Fsp3) is 0.423. The van der Waals surface area contributed by atoms with Crippen LogP contribution in [0.1, 0.15) is 48.3 Å². The Morgan fingerprint density at radius 2 is 1.84 bits per heavy atom. The molecule has 0 bridgehead atoms. The maximum absolute atomic E-state index is 14.3. The van der Waals surface area contributed by atoms with Crippen LogP contribution in [0.25, 0.3) is 10.9 Å². The largest absolute Gasteiger partial charge is 0.361 e. The Morgan fingerprint density at radius 1 is 1.03 bits per heavy atom. The van der Waals surface area contributed by atoms with E-state index in [4.69, 9.17) is 0 Å². The number of amides is 1. The Labute approximate surface area is 183 Å². The fourth-order valence-electron chi connectivity index (χ4n) is 5.28. The highest BCUT2D eigenvalue weighted by atomic mass is 19.1. The maximum atomic E-state index is 14.3. The van der Waals surface area contributed by atoms with Crippen molar-refractivity contribution >= 4 is 16.8 Å². The Hall–Kier alpha value is -2.66. The summed E-state index contributed by atoms with van der Waals surface area (Å²) in [6.45, 7) is 4.57. The van der Waals surface area contributed by atoms with Gasteiger partial charge in [0.2, 0.25) is 5.91 Å². The third-order valence-corrected chi connectivity index (χ3v) is 7.06. The van der Waals surface area contributed by atoms with Crippen molar-refractivity contribution in [1.29, 1.82) is 0 Å². The molecule has 2 aliphatic heterocycles. The smallest absolute Gasteiger partial charge is 0.222 e. The number of hydrogen-bond acceptors (Lipinski definition) is 2. The van der Waals surface area contributed by atoms with Gasteiger partial charge in [-0.1, -0.05) is 30.3 Å². The van der Waals surface area contributed by atoms with Gasteiger partial charge < -0.3 is 14.8 Å². The molecule has 0 aliphatic carbocycles. The normalized spacial score (nSPS) is 17.8. The van der Waals surface area contributed by atoms with E-state index < -0.39 is 0 Å². The first kappa shape index (κ1) is 20.3. The summed E-state index contributed by atoms with van der Waals surface area (Å²) in [5.74, 6) is 0.547. The van der Waals surface area contributed by atoms with Gasteiger partial charge in [-0.05, 0) is 80.1 Å². The fourth-order valence-corrected chi connectivity index (χ4v) is 5.28. The third kappa shape index (κ3) is 4.24. The molecule has 0 unspecified atom stereocenters. The minimum absolute atomic E-state index is 0.130. The summed E-state index contributed by atoms with van der Waals surface area (Å²) in [5.41, 5.74) is 4.67. The van der Waals surface area contributed by atoms with Gasteiger partial charge in [-0.2, -0.15) is 0 Å². The van der Waals surface area contributed by atoms with E-state index in [1.165, 1.54) is 11.1 Å². The Balaban J connectivity index is 1.09. The highest BCUT2D eigenvalue weighted by molar-refractivity contribution is 5.84. The van der Waals surface area contributed by atoms with Crippen LogP contribution < -0.4 is 0 Å². The molecule has 2 aliphatic rings. The van der Waals surface area contributed by atoms with E-state index in [0.29, 0.717) is 12.3 Å². The summed E-state index contributed by atoms with van der Waals surface area (Å²) in [6, 6.07) is 13.7. The summed E-state index contributed by atoms with van der Waals surface area (Å²) >= 11 is 0. The number of aromatic nitrogens is 1. The summed E-state index contributed by atoms with van der Waals surface area (Å²) in [5, 5.41) is 0.759. The minimum atomic E-state index is -0.130. The molecule has 0 saturated carbocycles. The summed E-state index contributed by atoms with van der Waals surface area (Å²) < 4.78 is 14.3. The number of aromatic amines is 1. The van der Waals surface area contributed by atoms with Crippen molar-refractivity contribution in [2.24, 2.45) is 0 Å². The van der Waals surface area contributed by atoms with E-state index in [2.05, 4.69) is 34.1 Å². The molecule has 2 aromatic carbocycles. The average Bonchev–Trinajstić information content (AvgIpc) is 3.25. The van der Waals surface area contributed by atoms with E-state index in [9.17, 15) is 9.18 Å². The molecule has 4 nitrogen and oxygen atoms in total. The van der Waals surface area contributed by atoms with Crippen molar-refractivity contribution in [3.63, 3.8) is 0 Å². The summed E-state index contributed by atoms with van der Waals surface area (Å²) in [6.07, 6.45) is 6.56. The molecule has 0 radical (unpaired) electrons. The lowest BCUT2D eigenvalue weighted by atomic mass is 9.89. The second-order valence-electron chi connectivity index (χ2n) is 8.96. The van der Waals surface area contributed by atoms with Gasteiger partial charge >= 0.3 is 0 Å². The highest BCUT2D eigenvalue weighted by Gasteiger charge is 2.24. The van der Waals surface area contributed by atoms with Crippen LogP contribution in [0, 0.1) is 5.82 Å². The SMILES string of the molecule is O=C(CCCN1CCC(c2c[nH]c3cccc(F)c23)CC1)N1CCc2ccccc2C1. The number of carbonyl (C=O) groups is 1. The van der Waals surface area contributed by atoms with Crippen LogP contribution in [-0.2, 0) is 17.8 Å². The van der Waals surface area contributed by atoms with Gasteiger partial charge in [0, 0.05) is 36.6 Å². The molecule has 3 heterocycles. The number of nitrogens with zero attached hydrogens (tertiary/aromatic N) is 2.